The average molecular weight is 231 g/mol. The van der Waals surface area contributed by atoms with E-state index in [4.69, 9.17) is 14.2 Å². The van der Waals surface area contributed by atoms with Gasteiger partial charge in [-0.05, 0) is 17.5 Å². The fourth-order valence-electron chi connectivity index (χ4n) is 1.72. The normalized spacial score (nSPS) is 12.8. The zero-order valence-corrected chi connectivity index (χ0v) is 9.10. The van der Waals surface area contributed by atoms with Crippen LogP contribution in [0.25, 0.3) is 10.8 Å². The molecule has 1 aliphatic heterocycles. The Morgan fingerprint density at radius 2 is 1.94 bits per heavy atom. The molecule has 86 valence electrons. The molecule has 5 heteroatoms. The van der Waals surface area contributed by atoms with Crippen LogP contribution in [-0.2, 0) is 4.79 Å². The zero-order valence-electron chi connectivity index (χ0n) is 9.10. The fraction of sp³-hybridized carbons (Fsp3) is 0.167. The number of nitrogens with zero attached hydrogens (tertiary/aromatic N) is 1. The summed E-state index contributed by atoms with van der Waals surface area (Å²) in [6.07, 6.45) is 1.63. The number of carbonyl (C=O) groups is 1. The van der Waals surface area contributed by atoms with Crippen LogP contribution in [0.3, 0.4) is 0 Å². The summed E-state index contributed by atoms with van der Waals surface area (Å²) in [4.78, 5) is 14.9. The third kappa shape index (κ3) is 1.75. The first-order chi connectivity index (χ1) is 8.22. The molecule has 0 atom stereocenters. The summed E-state index contributed by atoms with van der Waals surface area (Å²) in [6.45, 7) is 1.57. The predicted molar refractivity (Wildman–Crippen MR) is 59.2 cm³/mol. The minimum atomic E-state index is -0.391. The largest absolute Gasteiger partial charge is 0.454 e. The molecule has 3 rings (SSSR count). The number of esters is 1. The van der Waals surface area contributed by atoms with Crippen molar-refractivity contribution in [2.24, 2.45) is 0 Å². The van der Waals surface area contributed by atoms with E-state index in [1.165, 1.54) is 6.92 Å². The molecule has 2 aromatic rings. The van der Waals surface area contributed by atoms with Gasteiger partial charge in [-0.2, -0.15) is 0 Å². The van der Waals surface area contributed by atoms with E-state index in [-0.39, 0.29) is 12.7 Å². The highest BCUT2D eigenvalue weighted by Gasteiger charge is 2.14. The van der Waals surface area contributed by atoms with Gasteiger partial charge >= 0.3 is 5.97 Å². The molecule has 0 amide bonds. The molecule has 1 aromatic heterocycles. The van der Waals surface area contributed by atoms with E-state index in [9.17, 15) is 4.79 Å². The molecule has 1 aromatic carbocycles. The van der Waals surface area contributed by atoms with Crippen LogP contribution in [0.5, 0.6) is 17.4 Å². The number of hydrogen-bond acceptors (Lipinski definition) is 5. The lowest BCUT2D eigenvalue weighted by atomic mass is 10.1. The van der Waals surface area contributed by atoms with Crippen LogP contribution in [0.4, 0.5) is 0 Å². The summed E-state index contributed by atoms with van der Waals surface area (Å²) < 4.78 is 15.5. The summed E-state index contributed by atoms with van der Waals surface area (Å²) in [5.74, 6) is 1.29. The van der Waals surface area contributed by atoms with Crippen LogP contribution in [0.15, 0.2) is 24.4 Å². The van der Waals surface area contributed by atoms with Gasteiger partial charge in [-0.25, -0.2) is 4.98 Å². The van der Waals surface area contributed by atoms with E-state index in [0.717, 1.165) is 10.8 Å². The van der Waals surface area contributed by atoms with Gasteiger partial charge in [-0.1, -0.05) is 0 Å². The van der Waals surface area contributed by atoms with Gasteiger partial charge < -0.3 is 14.2 Å². The maximum Gasteiger partial charge on any atom is 0.309 e. The second kappa shape index (κ2) is 3.62. The molecule has 0 saturated carbocycles. The van der Waals surface area contributed by atoms with Crippen LogP contribution in [0.1, 0.15) is 6.92 Å². The van der Waals surface area contributed by atoms with Gasteiger partial charge in [0, 0.05) is 24.6 Å². The summed E-state index contributed by atoms with van der Waals surface area (Å²) in [7, 11) is 0. The highest BCUT2D eigenvalue weighted by atomic mass is 16.7. The number of ether oxygens (including phenoxy) is 3. The standard InChI is InChI=1S/C12H9NO4/c1-7(14)17-12-4-8-2-10-11(16-6-15-10)3-9(8)5-13-12/h2-5H,6H2,1H3. The van der Waals surface area contributed by atoms with Crippen molar-refractivity contribution in [2.75, 3.05) is 6.79 Å². The van der Waals surface area contributed by atoms with Crippen LogP contribution < -0.4 is 14.2 Å². The maximum atomic E-state index is 10.8. The molecule has 0 unspecified atom stereocenters. The molecule has 0 radical (unpaired) electrons. The summed E-state index contributed by atoms with van der Waals surface area (Å²) in [5, 5.41) is 1.80. The van der Waals surface area contributed by atoms with Gasteiger partial charge in [-0.3, -0.25) is 4.79 Å². The minimum Gasteiger partial charge on any atom is -0.454 e. The Morgan fingerprint density at radius 1 is 1.24 bits per heavy atom. The van der Waals surface area contributed by atoms with Crippen molar-refractivity contribution >= 4 is 16.7 Å². The van der Waals surface area contributed by atoms with Crippen LogP contribution in [-0.4, -0.2) is 17.7 Å². The smallest absolute Gasteiger partial charge is 0.309 e. The third-order valence-corrected chi connectivity index (χ3v) is 2.44. The number of rotatable bonds is 1. The van der Waals surface area contributed by atoms with E-state index in [1.807, 2.05) is 12.1 Å². The first-order valence-electron chi connectivity index (χ1n) is 5.10. The van der Waals surface area contributed by atoms with Gasteiger partial charge in [0.15, 0.2) is 11.5 Å². The van der Waals surface area contributed by atoms with E-state index < -0.39 is 5.97 Å². The number of hydrogen-bond donors (Lipinski definition) is 0. The van der Waals surface area contributed by atoms with Crippen molar-refractivity contribution in [3.63, 3.8) is 0 Å². The lowest BCUT2D eigenvalue weighted by Gasteiger charge is -2.03. The van der Waals surface area contributed by atoms with Gasteiger partial charge in [0.1, 0.15) is 0 Å². The monoisotopic (exact) mass is 231 g/mol. The Kier molecular flexibility index (Phi) is 2.11. The van der Waals surface area contributed by atoms with Crippen LogP contribution in [0.2, 0.25) is 0 Å². The van der Waals surface area contributed by atoms with E-state index in [1.54, 1.807) is 12.3 Å². The Morgan fingerprint density at radius 3 is 2.65 bits per heavy atom. The summed E-state index contributed by atoms with van der Waals surface area (Å²) >= 11 is 0. The molecule has 5 nitrogen and oxygen atoms in total. The van der Waals surface area contributed by atoms with Crippen molar-refractivity contribution in [3.8, 4) is 17.4 Å². The molecule has 0 bridgehead atoms. The molecule has 0 fully saturated rings. The molecule has 0 N–H and O–H groups in total. The lowest BCUT2D eigenvalue weighted by Crippen LogP contribution is -2.02. The number of carbonyl (C=O) groups excluding carboxylic acids is 1. The lowest BCUT2D eigenvalue weighted by molar-refractivity contribution is -0.132. The van der Waals surface area contributed by atoms with Crippen LogP contribution in [0, 0.1) is 0 Å². The van der Waals surface area contributed by atoms with Crippen LogP contribution >= 0.6 is 0 Å². The highest BCUT2D eigenvalue weighted by Crippen LogP contribution is 2.36. The van der Waals surface area contributed by atoms with Crippen molar-refractivity contribution in [2.45, 2.75) is 6.92 Å². The summed E-state index contributed by atoms with van der Waals surface area (Å²) in [5.41, 5.74) is 0. The van der Waals surface area contributed by atoms with Gasteiger partial charge in [0.25, 0.3) is 0 Å². The number of aromatic nitrogens is 1. The molecular formula is C12H9NO4. The fourth-order valence-corrected chi connectivity index (χ4v) is 1.72. The van der Waals surface area contributed by atoms with Crippen molar-refractivity contribution in [1.29, 1.82) is 0 Å². The van der Waals surface area contributed by atoms with Crippen molar-refractivity contribution in [1.82, 2.24) is 4.98 Å². The first-order valence-corrected chi connectivity index (χ1v) is 5.10. The second-order valence-electron chi connectivity index (χ2n) is 3.67. The molecule has 0 spiro atoms. The van der Waals surface area contributed by atoms with E-state index in [0.29, 0.717) is 11.5 Å². The number of fused-ring (bicyclic) bond motifs is 2. The molecule has 0 saturated heterocycles. The second-order valence-corrected chi connectivity index (χ2v) is 3.67. The molecular weight excluding hydrogens is 222 g/mol. The Bertz CT molecular complexity index is 609. The van der Waals surface area contributed by atoms with Crippen molar-refractivity contribution < 1.29 is 19.0 Å². The topological polar surface area (TPSA) is 57.7 Å². The van der Waals surface area contributed by atoms with E-state index in [2.05, 4.69) is 4.98 Å². The highest BCUT2D eigenvalue weighted by molar-refractivity contribution is 5.86. The average Bonchev–Trinajstić information content (AvgIpc) is 2.72. The van der Waals surface area contributed by atoms with Gasteiger partial charge in [0.2, 0.25) is 12.7 Å². The van der Waals surface area contributed by atoms with E-state index >= 15 is 0 Å². The Labute approximate surface area is 96.9 Å². The molecule has 17 heavy (non-hydrogen) atoms. The maximum absolute atomic E-state index is 10.8. The zero-order chi connectivity index (χ0) is 11.8. The first kappa shape index (κ1) is 9.89. The third-order valence-electron chi connectivity index (χ3n) is 2.44. The molecule has 2 heterocycles. The van der Waals surface area contributed by atoms with Gasteiger partial charge in [-0.15, -0.1) is 0 Å². The Balaban J connectivity index is 2.10. The Hall–Kier alpha value is -2.30. The molecule has 1 aliphatic rings. The quantitative estimate of drug-likeness (QED) is 0.701. The number of benzene rings is 1. The SMILES string of the molecule is CC(=O)Oc1cc2cc3c(cc2cn1)OCO3. The predicted octanol–water partition coefficient (Wildman–Crippen LogP) is 1.89. The minimum absolute atomic E-state index is 0.232. The summed E-state index contributed by atoms with van der Waals surface area (Å²) in [6, 6.07) is 5.38. The number of pyridine rings is 1. The molecule has 0 aliphatic carbocycles. The van der Waals surface area contributed by atoms with Crippen molar-refractivity contribution in [3.05, 3.63) is 24.4 Å². The van der Waals surface area contributed by atoms with Gasteiger partial charge in [0.05, 0.1) is 0 Å².